The van der Waals surface area contributed by atoms with Crippen LogP contribution in [0.3, 0.4) is 0 Å². The first-order chi connectivity index (χ1) is 17.9. The van der Waals surface area contributed by atoms with Crippen LogP contribution < -0.4 is 4.74 Å². The third-order valence-corrected chi connectivity index (χ3v) is 6.52. The summed E-state index contributed by atoms with van der Waals surface area (Å²) in [6, 6.07) is 7.50. The molecule has 14 heteroatoms. The fraction of sp³-hybridized carbons (Fsp3) is 0.417. The maximum atomic E-state index is 13.4. The van der Waals surface area contributed by atoms with Gasteiger partial charge in [0.05, 0.1) is 46.4 Å². The highest BCUT2D eigenvalue weighted by molar-refractivity contribution is 7.84. The number of ether oxygens (including phenoxy) is 2. The minimum atomic E-state index is -4.51. The standard InChI is InChI=1S/C24H28F3N5O5S/c1-16-18(28-10-9-20(16)37-15-24(25,26)27)14-38(35)22-29-17-7-5-6-8-19(17)32(22)23(34)31(4)11-12-36-21(33)13-30(2)3/h5-10H,11-15H2,1-4H3/t38-/m0/s1. The van der Waals surface area contributed by atoms with Crippen molar-refractivity contribution in [1.29, 1.82) is 0 Å². The molecule has 0 fully saturated rings. The smallest absolute Gasteiger partial charge is 0.422 e. The number of esters is 1. The Morgan fingerprint density at radius 3 is 2.53 bits per heavy atom. The van der Waals surface area contributed by atoms with Gasteiger partial charge in [-0.2, -0.15) is 13.2 Å². The summed E-state index contributed by atoms with van der Waals surface area (Å²) in [6.45, 7) is 0.193. The van der Waals surface area contributed by atoms with Crippen LogP contribution in [0.15, 0.2) is 41.7 Å². The molecule has 10 nitrogen and oxygen atoms in total. The zero-order chi connectivity index (χ0) is 28.0. The molecule has 0 saturated heterocycles. The number of fused-ring (bicyclic) bond motifs is 1. The van der Waals surface area contributed by atoms with E-state index in [9.17, 15) is 27.0 Å². The Hall–Kier alpha value is -3.52. The van der Waals surface area contributed by atoms with Crippen molar-refractivity contribution in [1.82, 2.24) is 24.3 Å². The monoisotopic (exact) mass is 555 g/mol. The highest BCUT2D eigenvalue weighted by Crippen LogP contribution is 2.26. The van der Waals surface area contributed by atoms with Crippen LogP contribution in [-0.4, -0.2) is 94.2 Å². The first-order valence-electron chi connectivity index (χ1n) is 11.4. The molecule has 2 heterocycles. The zero-order valence-electron chi connectivity index (χ0n) is 21.3. The number of carbonyl (C=O) groups excluding carboxylic acids is 2. The number of benzene rings is 1. The molecular formula is C24H28F3N5O5S. The van der Waals surface area contributed by atoms with Gasteiger partial charge in [-0.15, -0.1) is 0 Å². The van der Waals surface area contributed by atoms with Crippen LogP contribution in [0.25, 0.3) is 11.0 Å². The lowest BCUT2D eigenvalue weighted by Crippen LogP contribution is -2.35. The number of pyridine rings is 1. The van der Waals surface area contributed by atoms with Crippen molar-refractivity contribution < 1.29 is 36.4 Å². The number of hydrogen-bond donors (Lipinski definition) is 0. The number of carbonyl (C=O) groups is 2. The van der Waals surface area contributed by atoms with Gasteiger partial charge >= 0.3 is 18.2 Å². The largest absolute Gasteiger partial charge is 0.484 e. The average molecular weight is 556 g/mol. The molecule has 0 radical (unpaired) electrons. The number of para-hydroxylation sites is 2. The second-order valence-electron chi connectivity index (χ2n) is 8.66. The molecule has 0 spiro atoms. The highest BCUT2D eigenvalue weighted by Gasteiger charge is 2.29. The Kier molecular flexibility index (Phi) is 9.44. The van der Waals surface area contributed by atoms with E-state index in [2.05, 4.69) is 9.97 Å². The molecule has 1 atom stereocenters. The van der Waals surface area contributed by atoms with E-state index < -0.39 is 35.6 Å². The van der Waals surface area contributed by atoms with E-state index in [1.165, 1.54) is 35.7 Å². The number of likely N-dealkylation sites (N-methyl/N-ethyl adjacent to an activating group) is 2. The Bertz CT molecular complexity index is 1330. The van der Waals surface area contributed by atoms with Crippen LogP contribution in [-0.2, 0) is 26.1 Å². The average Bonchev–Trinajstić information content (AvgIpc) is 3.22. The van der Waals surface area contributed by atoms with E-state index in [-0.39, 0.29) is 42.0 Å². The van der Waals surface area contributed by atoms with E-state index in [0.29, 0.717) is 16.6 Å². The van der Waals surface area contributed by atoms with Crippen LogP contribution in [0.1, 0.15) is 11.3 Å². The number of hydrogen-bond acceptors (Lipinski definition) is 8. The fourth-order valence-corrected chi connectivity index (χ4v) is 4.67. The summed E-state index contributed by atoms with van der Waals surface area (Å²) in [7, 11) is 3.06. The molecule has 0 bridgehead atoms. The first-order valence-corrected chi connectivity index (χ1v) is 12.7. The summed E-state index contributed by atoms with van der Waals surface area (Å²) in [5, 5.41) is -0.0459. The van der Waals surface area contributed by atoms with E-state index in [4.69, 9.17) is 9.47 Å². The van der Waals surface area contributed by atoms with Crippen LogP contribution in [0.2, 0.25) is 0 Å². The molecule has 0 N–H and O–H groups in total. The van der Waals surface area contributed by atoms with E-state index >= 15 is 0 Å². The highest BCUT2D eigenvalue weighted by atomic mass is 32.2. The number of imidazole rings is 1. The predicted molar refractivity (Wildman–Crippen MR) is 133 cm³/mol. The minimum absolute atomic E-state index is 0.0301. The third kappa shape index (κ3) is 7.51. The third-order valence-electron chi connectivity index (χ3n) is 5.30. The van der Waals surface area contributed by atoms with Crippen molar-refractivity contribution in [3.63, 3.8) is 0 Å². The summed E-state index contributed by atoms with van der Waals surface area (Å²) in [5.41, 5.74) is 1.40. The van der Waals surface area contributed by atoms with Gasteiger partial charge in [0.1, 0.15) is 12.4 Å². The quantitative estimate of drug-likeness (QED) is 0.352. The van der Waals surface area contributed by atoms with Gasteiger partial charge in [0.25, 0.3) is 0 Å². The molecule has 3 aromatic rings. The number of rotatable bonds is 10. The fourth-order valence-electron chi connectivity index (χ4n) is 3.42. The van der Waals surface area contributed by atoms with Gasteiger partial charge in [-0.05, 0) is 39.2 Å². The van der Waals surface area contributed by atoms with Gasteiger partial charge in [-0.1, -0.05) is 12.1 Å². The molecule has 0 aliphatic carbocycles. The second kappa shape index (κ2) is 12.3. The van der Waals surface area contributed by atoms with Crippen molar-refractivity contribution in [2.75, 3.05) is 47.4 Å². The molecule has 0 saturated carbocycles. The molecule has 0 aliphatic rings. The Morgan fingerprint density at radius 1 is 1.13 bits per heavy atom. The molecular weight excluding hydrogens is 527 g/mol. The number of aromatic nitrogens is 3. The SMILES string of the molecule is Cc1c(OCC(F)(F)F)ccnc1C[S@](=O)c1nc2ccccc2n1C(=O)N(C)CCOC(=O)CN(C)C. The van der Waals surface area contributed by atoms with E-state index in [0.717, 1.165) is 0 Å². The van der Waals surface area contributed by atoms with Crippen molar-refractivity contribution >= 4 is 33.8 Å². The van der Waals surface area contributed by atoms with Crippen molar-refractivity contribution in [3.05, 3.63) is 47.8 Å². The maximum absolute atomic E-state index is 13.4. The molecule has 1 amide bonds. The van der Waals surface area contributed by atoms with Gasteiger partial charge in [0.15, 0.2) is 6.61 Å². The number of halogens is 3. The summed E-state index contributed by atoms with van der Waals surface area (Å²) in [4.78, 5) is 36.7. The van der Waals surface area contributed by atoms with E-state index in [1.807, 2.05) is 0 Å². The van der Waals surface area contributed by atoms with Crippen molar-refractivity contribution in [2.45, 2.75) is 24.0 Å². The lowest BCUT2D eigenvalue weighted by Gasteiger charge is -2.19. The summed E-state index contributed by atoms with van der Waals surface area (Å²) in [6.07, 6.45) is -3.24. The Labute approximate surface area is 219 Å². The first kappa shape index (κ1) is 29.0. The number of amides is 1. The molecule has 38 heavy (non-hydrogen) atoms. The lowest BCUT2D eigenvalue weighted by molar-refractivity contribution is -0.153. The van der Waals surface area contributed by atoms with Gasteiger partial charge in [0.2, 0.25) is 5.16 Å². The Morgan fingerprint density at radius 2 is 1.84 bits per heavy atom. The van der Waals surface area contributed by atoms with Crippen LogP contribution in [0, 0.1) is 6.92 Å². The molecule has 2 aromatic heterocycles. The predicted octanol–water partition coefficient (Wildman–Crippen LogP) is 2.99. The van der Waals surface area contributed by atoms with Gasteiger partial charge in [0, 0.05) is 18.8 Å². The van der Waals surface area contributed by atoms with Gasteiger partial charge in [-0.25, -0.2) is 14.3 Å². The van der Waals surface area contributed by atoms with Crippen molar-refractivity contribution in [2.24, 2.45) is 0 Å². The molecule has 0 aliphatic heterocycles. The molecule has 0 unspecified atom stereocenters. The van der Waals surface area contributed by atoms with Gasteiger partial charge in [-0.3, -0.25) is 18.9 Å². The molecule has 206 valence electrons. The number of alkyl halides is 3. The van der Waals surface area contributed by atoms with Crippen LogP contribution in [0.4, 0.5) is 18.0 Å². The minimum Gasteiger partial charge on any atom is -0.484 e. The lowest BCUT2D eigenvalue weighted by atomic mass is 10.2. The van der Waals surface area contributed by atoms with Crippen molar-refractivity contribution in [3.8, 4) is 5.75 Å². The van der Waals surface area contributed by atoms with Crippen LogP contribution in [0.5, 0.6) is 5.75 Å². The summed E-state index contributed by atoms with van der Waals surface area (Å²) in [5.74, 6) is -0.676. The van der Waals surface area contributed by atoms with Gasteiger partial charge < -0.3 is 14.4 Å². The maximum Gasteiger partial charge on any atom is 0.422 e. The second-order valence-corrected chi connectivity index (χ2v) is 10.0. The normalized spacial score (nSPS) is 12.5. The molecule has 3 rings (SSSR count). The van der Waals surface area contributed by atoms with E-state index in [1.54, 1.807) is 43.3 Å². The molecule has 1 aromatic carbocycles. The van der Waals surface area contributed by atoms with Crippen LogP contribution >= 0.6 is 0 Å². The number of nitrogens with zero attached hydrogens (tertiary/aromatic N) is 5. The summed E-state index contributed by atoms with van der Waals surface area (Å²) >= 11 is 0. The Balaban J connectivity index is 1.82. The topological polar surface area (TPSA) is 107 Å². The zero-order valence-corrected chi connectivity index (χ0v) is 22.1. The summed E-state index contributed by atoms with van der Waals surface area (Å²) < 4.78 is 62.5.